The van der Waals surface area contributed by atoms with Gasteiger partial charge in [0.25, 0.3) is 56.3 Å². The quantitative estimate of drug-likeness (QED) is 0.00445. The summed E-state index contributed by atoms with van der Waals surface area (Å²) in [5, 5.41) is 85.8. The van der Waals surface area contributed by atoms with E-state index >= 15 is 0 Å². The third-order valence-corrected chi connectivity index (χ3v) is 22.9. The van der Waals surface area contributed by atoms with E-state index in [1.54, 1.807) is 37.3 Å². The number of rotatable bonds is 35. The Morgan fingerprint density at radius 1 is 0.592 bits per heavy atom. The minimum absolute atomic E-state index is 0.0118. The van der Waals surface area contributed by atoms with E-state index in [9.17, 15) is 95.2 Å². The normalized spacial score (nSPS) is 12.0. The molecule has 10 rings (SSSR count). The van der Waals surface area contributed by atoms with Crippen molar-refractivity contribution >= 4 is 204 Å². The Balaban J connectivity index is 0.00000214. The second-order valence-corrected chi connectivity index (χ2v) is 35.8. The predicted molar refractivity (Wildman–Crippen MR) is 431 cm³/mol. The van der Waals surface area contributed by atoms with E-state index in [1.165, 1.54) is 78.1 Å². The highest BCUT2D eigenvalue weighted by molar-refractivity contribution is 8.00. The number of imidazole rings is 1. The second kappa shape index (κ2) is 41.3. The van der Waals surface area contributed by atoms with Crippen molar-refractivity contribution in [3.8, 4) is 17.7 Å². The first kappa shape index (κ1) is 93.8. The summed E-state index contributed by atoms with van der Waals surface area (Å²) in [4.78, 5) is 40.5. The number of hydrogen-bond donors (Lipinski definition) is 9. The molecular formula is C66H61N17O27S10. The molecule has 0 saturated heterocycles. The van der Waals surface area contributed by atoms with Gasteiger partial charge < -0.3 is 25.6 Å². The maximum Gasteiger partial charge on any atom is 0.425 e. The molecule has 10 aromatic rings. The van der Waals surface area contributed by atoms with Gasteiger partial charge in [0, 0.05) is 44.1 Å². The first-order valence-electron chi connectivity index (χ1n) is 33.5. The first-order valence-corrected chi connectivity index (χ1v) is 46.0. The number of nitrogens with zero attached hydrogens (tertiary/aromatic N) is 15. The van der Waals surface area contributed by atoms with Crippen LogP contribution < -0.4 is 15.4 Å². The maximum absolute atomic E-state index is 12.5. The maximum atomic E-state index is 12.5. The summed E-state index contributed by atoms with van der Waals surface area (Å²) in [6.07, 6.45) is 0.200. The molecular weight excluding hydrogens is 1780 g/mol. The number of hydrogen-bond acceptors (Lipinski definition) is 39. The number of azo groups is 4. The van der Waals surface area contributed by atoms with Crippen molar-refractivity contribution in [3.63, 3.8) is 0 Å². The van der Waals surface area contributed by atoms with Crippen molar-refractivity contribution in [2.75, 3.05) is 46.0 Å². The van der Waals surface area contributed by atoms with Crippen molar-refractivity contribution in [2.24, 2.45) is 40.9 Å². The molecule has 0 spiro atoms. The molecule has 3 aromatic heterocycles. The predicted octanol–water partition coefficient (Wildman–Crippen LogP) is 13.6. The minimum atomic E-state index is -5.13. The molecule has 7 aromatic carbocycles. The topological polar surface area (TPSA) is 687 Å². The van der Waals surface area contributed by atoms with E-state index in [4.69, 9.17) is 30.0 Å². The number of carbonyl (C=O) groups is 1. The fourth-order valence-electron chi connectivity index (χ4n) is 10.4. The number of aryl methyl sites for hydroxylation is 2. The zero-order valence-corrected chi connectivity index (χ0v) is 69.7. The van der Waals surface area contributed by atoms with Gasteiger partial charge in [-0.15, -0.1) is 79.5 Å². The van der Waals surface area contributed by atoms with Crippen LogP contribution in [0.5, 0.6) is 11.6 Å². The van der Waals surface area contributed by atoms with Crippen molar-refractivity contribution in [3.05, 3.63) is 165 Å². The van der Waals surface area contributed by atoms with Gasteiger partial charge in [-0.25, -0.2) is 9.78 Å². The highest BCUT2D eigenvalue weighted by atomic mass is 32.2. The van der Waals surface area contributed by atoms with Gasteiger partial charge >= 0.3 is 27.2 Å². The molecule has 0 bridgehead atoms. The van der Waals surface area contributed by atoms with E-state index in [1.807, 2.05) is 6.92 Å². The third kappa shape index (κ3) is 27.7. The summed E-state index contributed by atoms with van der Waals surface area (Å²) < 4.78 is 228. The summed E-state index contributed by atoms with van der Waals surface area (Å²) in [6.45, 7) is 4.62. The number of nitrogens with one attached hydrogen (secondary N) is 2. The number of non-ortho nitro benzene ring substituents is 1. The van der Waals surface area contributed by atoms with Crippen molar-refractivity contribution < 1.29 is 115 Å². The smallest absolute Gasteiger partial charge is 0.425 e. The summed E-state index contributed by atoms with van der Waals surface area (Å²) in [6, 6.07) is 30.6. The number of aromatic nitrogens is 5. The van der Waals surface area contributed by atoms with E-state index < -0.39 is 127 Å². The van der Waals surface area contributed by atoms with Gasteiger partial charge in [0.2, 0.25) is 17.8 Å². The van der Waals surface area contributed by atoms with E-state index in [0.29, 0.717) is 34.6 Å². The van der Waals surface area contributed by atoms with Crippen LogP contribution in [-0.4, -0.2) is 171 Å². The fraction of sp³-hybridized carbons (Fsp3) is 0.212. The number of carboxylic acid groups (broad SMARTS) is 1. The van der Waals surface area contributed by atoms with Gasteiger partial charge in [-0.3, -0.25) is 37.3 Å². The fourth-order valence-corrected chi connectivity index (χ4v) is 16.2. The molecule has 0 aliphatic rings. The molecule has 0 fully saturated rings. The summed E-state index contributed by atoms with van der Waals surface area (Å²) in [5.74, 6) is -4.65. The van der Waals surface area contributed by atoms with Gasteiger partial charge in [-0.2, -0.15) is 72.5 Å². The molecule has 0 aliphatic carbocycles. The Labute approximate surface area is 696 Å². The highest BCUT2D eigenvalue weighted by Gasteiger charge is 2.26. The summed E-state index contributed by atoms with van der Waals surface area (Å²) in [7, 11) is -29.6. The van der Waals surface area contributed by atoms with E-state index in [0.717, 1.165) is 59.6 Å². The van der Waals surface area contributed by atoms with Crippen LogP contribution in [-0.2, 0) is 78.2 Å². The number of ether oxygens (including phenoxy) is 1. The summed E-state index contributed by atoms with van der Waals surface area (Å²) >= 11 is 2.73. The molecule has 0 amide bonds. The molecule has 0 saturated carbocycles. The Hall–Kier alpha value is -11.7. The van der Waals surface area contributed by atoms with Crippen LogP contribution in [0.25, 0.3) is 16.7 Å². The van der Waals surface area contributed by atoms with Crippen LogP contribution in [0.15, 0.2) is 198 Å². The van der Waals surface area contributed by atoms with E-state index in [2.05, 4.69) is 77.6 Å². The van der Waals surface area contributed by atoms with Gasteiger partial charge in [-0.05, 0) is 153 Å². The standard InChI is InChI=1S/C66H61N17O21S8.2O3S/c1-4-13-42-44(36-67)61-69-45-17-6-7-18-54(45)82(61)62(84)60(42)81-78-51-28-37(2)47(33-55(51)104-22-10-25-108(89,90)91)75-80-53-32-49(70-65-71-64(68-39-14-9-15-41(30-39)111(98,99)100)72-66(73-65)107-56-19-8-5-16-43(56)63(85)86)50(35-58(53)106-24-12-27-110(95,96)97)77-79-52-29-38(3)48(34-57(52)105-23-11-26-109(92,93)94)76-74-46-21-20-40(83(87)88)31-59(46)112(101,102)103;2*1-4(2)3/h5-9,14-21,28-35,84H,4,10-13,22-27H2,1-3H3,(H,85,86)(H,89,90,91)(H,92,93,94)(H,95,96,97)(H,98,99,100)(H,101,102,103)(H2,68,70,71,72,73);;. The zero-order valence-electron chi connectivity index (χ0n) is 61.5. The lowest BCUT2D eigenvalue weighted by Crippen LogP contribution is -2.08. The van der Waals surface area contributed by atoms with Crippen LogP contribution in [0.4, 0.5) is 74.5 Å². The SMILES string of the molecule is CCCc1c(N=Nc2cc(C)c(N=Nc3cc(Nc4nc(Nc5cccc(S(=O)(=O)O)c5)nc(Sc5ccccc5C(=O)O)n4)c(N=Nc4cc(C)c(N=Nc5ccc([N+](=O)[O-])cc5S(=O)(=O)O)cc4SCCCS(=O)(=O)O)cc3SCCCS(=O)(=O)O)cc2OCCCS(=O)(=O)O)c(O)n2c(nc3ccccc32)c1C#N.O=S(=O)=O.O=S(=O)=O. The Morgan fingerprint density at radius 2 is 1.12 bits per heavy atom. The van der Waals surface area contributed by atoms with Gasteiger partial charge in [0.1, 0.15) is 45.0 Å². The lowest BCUT2D eigenvalue weighted by atomic mass is 10.0. The number of carboxylic acids is 1. The molecule has 120 heavy (non-hydrogen) atoms. The molecule has 632 valence electrons. The molecule has 44 nitrogen and oxygen atoms in total. The molecule has 0 unspecified atom stereocenters. The first-order chi connectivity index (χ1) is 56.4. The number of pyridine rings is 1. The number of aromatic carboxylic acids is 1. The van der Waals surface area contributed by atoms with Gasteiger partial charge in [-0.1, -0.05) is 43.7 Å². The molecule has 0 radical (unpaired) electrons. The lowest BCUT2D eigenvalue weighted by molar-refractivity contribution is -0.385. The van der Waals surface area contributed by atoms with Crippen LogP contribution in [0.3, 0.4) is 0 Å². The van der Waals surface area contributed by atoms with Crippen molar-refractivity contribution in [2.45, 2.75) is 82.5 Å². The largest absolute Gasteiger partial charge is 0.493 e. The zero-order chi connectivity index (χ0) is 88.2. The number of fused-ring (bicyclic) bond motifs is 3. The molecule has 0 atom stereocenters. The molecule has 0 aliphatic heterocycles. The lowest BCUT2D eigenvalue weighted by Gasteiger charge is -2.15. The number of para-hydroxylation sites is 2. The van der Waals surface area contributed by atoms with Gasteiger partial charge in [0.15, 0.2) is 16.5 Å². The van der Waals surface area contributed by atoms with Crippen LogP contribution in [0.1, 0.15) is 65.2 Å². The number of nitro benzene ring substituents is 1. The number of nitro groups is 1. The van der Waals surface area contributed by atoms with Crippen molar-refractivity contribution in [1.29, 1.82) is 5.26 Å². The van der Waals surface area contributed by atoms with Crippen LogP contribution in [0, 0.1) is 35.3 Å². The average Bonchev–Trinajstić information content (AvgIpc) is 1.57. The Bertz CT molecular complexity index is 6670. The second-order valence-electron chi connectivity index (χ2n) is 24.2. The number of thioether (sulfide) groups is 2. The van der Waals surface area contributed by atoms with Gasteiger partial charge in [0.05, 0.1) is 73.0 Å². The average molecular weight is 1840 g/mol. The number of nitriles is 1. The van der Waals surface area contributed by atoms with Crippen molar-refractivity contribution in [1.82, 2.24) is 24.3 Å². The third-order valence-electron chi connectivity index (χ3n) is 15.5. The number of aromatic hydroxyl groups is 1. The highest BCUT2D eigenvalue weighted by Crippen LogP contribution is 2.47. The Kier molecular flexibility index (Phi) is 32.3. The van der Waals surface area contributed by atoms with Crippen LogP contribution >= 0.6 is 35.3 Å². The van der Waals surface area contributed by atoms with Crippen LogP contribution in [0.2, 0.25) is 0 Å². The summed E-state index contributed by atoms with van der Waals surface area (Å²) in [5.41, 5.74) is 0.490. The molecule has 54 heteroatoms. The van der Waals surface area contributed by atoms with E-state index in [-0.39, 0.29) is 155 Å². The Morgan fingerprint density at radius 3 is 1.71 bits per heavy atom. The monoisotopic (exact) mass is 1840 g/mol. The minimum Gasteiger partial charge on any atom is -0.493 e. The number of benzene rings is 7. The molecule has 9 N–H and O–H groups in total. The number of anilines is 4. The molecule has 3 heterocycles.